The summed E-state index contributed by atoms with van der Waals surface area (Å²) in [6.07, 6.45) is 3.49. The van der Waals surface area contributed by atoms with Crippen LogP contribution >= 0.6 is 0 Å². The van der Waals surface area contributed by atoms with E-state index in [-0.39, 0.29) is 11.9 Å². The van der Waals surface area contributed by atoms with Gasteiger partial charge in [0.05, 0.1) is 5.92 Å². The van der Waals surface area contributed by atoms with Crippen LogP contribution in [0.15, 0.2) is 24.3 Å². The maximum Gasteiger partial charge on any atom is 0.313 e. The first kappa shape index (κ1) is 12.8. The summed E-state index contributed by atoms with van der Waals surface area (Å²) in [6.45, 7) is 5.84. The molecule has 1 rings (SSSR count). The summed E-state index contributed by atoms with van der Waals surface area (Å²) in [4.78, 5) is 11.3. The molecule has 2 nitrogen and oxygen atoms in total. The molecule has 0 bridgehead atoms. The van der Waals surface area contributed by atoms with Crippen LogP contribution in [0.4, 0.5) is 0 Å². The molecule has 0 aromatic heterocycles. The van der Waals surface area contributed by atoms with Gasteiger partial charge in [0, 0.05) is 0 Å². The molecule has 0 amide bonds. The number of benzene rings is 1. The van der Waals surface area contributed by atoms with Crippen LogP contribution in [0.3, 0.4) is 0 Å². The smallest absolute Gasteiger partial charge is 0.313 e. The molecular weight excluding hydrogens is 200 g/mol. The number of esters is 1. The topological polar surface area (TPSA) is 26.3 Å². The molecule has 2 heteroatoms. The third kappa shape index (κ3) is 4.05. The van der Waals surface area contributed by atoms with Crippen LogP contribution < -0.4 is 4.74 Å². The van der Waals surface area contributed by atoms with Crippen molar-refractivity contribution in [2.24, 2.45) is 5.92 Å². The highest BCUT2D eigenvalue weighted by atomic mass is 16.5. The van der Waals surface area contributed by atoms with Gasteiger partial charge in [-0.2, -0.15) is 0 Å². The number of hydrogen-bond acceptors (Lipinski definition) is 2. The molecule has 0 N–H and O–H groups in total. The SMILES string of the molecule is CCCCc1ccc(OC(=O)C(C)C)cc1. The van der Waals surface area contributed by atoms with Gasteiger partial charge in [-0.15, -0.1) is 0 Å². The average Bonchev–Trinajstić information content (AvgIpc) is 2.28. The van der Waals surface area contributed by atoms with Crippen molar-refractivity contribution in [2.45, 2.75) is 40.0 Å². The standard InChI is InChI=1S/C14H20O2/c1-4-5-6-12-7-9-13(10-8-12)16-14(15)11(2)3/h7-11H,4-6H2,1-3H3. The predicted molar refractivity (Wildman–Crippen MR) is 65.5 cm³/mol. The Labute approximate surface area is 97.6 Å². The Morgan fingerprint density at radius 2 is 1.88 bits per heavy atom. The minimum absolute atomic E-state index is 0.0835. The zero-order valence-corrected chi connectivity index (χ0v) is 10.3. The molecule has 88 valence electrons. The van der Waals surface area contributed by atoms with Crippen molar-refractivity contribution in [3.63, 3.8) is 0 Å². The van der Waals surface area contributed by atoms with Crippen molar-refractivity contribution in [1.82, 2.24) is 0 Å². The Kier molecular flexibility index (Phi) is 5.03. The Bertz CT molecular complexity index is 325. The van der Waals surface area contributed by atoms with E-state index in [0.717, 1.165) is 6.42 Å². The van der Waals surface area contributed by atoms with E-state index in [9.17, 15) is 4.79 Å². The molecule has 0 spiro atoms. The van der Waals surface area contributed by atoms with Gasteiger partial charge in [0.2, 0.25) is 0 Å². The lowest BCUT2D eigenvalue weighted by atomic mass is 10.1. The summed E-state index contributed by atoms with van der Waals surface area (Å²) in [5.74, 6) is 0.375. The summed E-state index contributed by atoms with van der Waals surface area (Å²) >= 11 is 0. The monoisotopic (exact) mass is 220 g/mol. The lowest BCUT2D eigenvalue weighted by molar-refractivity contribution is -0.137. The normalized spacial score (nSPS) is 10.5. The number of aryl methyl sites for hydroxylation is 1. The first-order chi connectivity index (χ1) is 7.63. The van der Waals surface area contributed by atoms with Crippen LogP contribution in [-0.2, 0) is 11.2 Å². The van der Waals surface area contributed by atoms with Crippen molar-refractivity contribution in [3.05, 3.63) is 29.8 Å². The highest BCUT2D eigenvalue weighted by Gasteiger charge is 2.09. The first-order valence-electron chi connectivity index (χ1n) is 5.94. The van der Waals surface area contributed by atoms with Gasteiger partial charge in [-0.3, -0.25) is 4.79 Å². The fourth-order valence-corrected chi connectivity index (χ4v) is 1.34. The van der Waals surface area contributed by atoms with E-state index in [2.05, 4.69) is 6.92 Å². The molecule has 1 aromatic carbocycles. The van der Waals surface area contributed by atoms with Gasteiger partial charge in [-0.25, -0.2) is 0 Å². The second-order valence-electron chi connectivity index (χ2n) is 4.32. The Morgan fingerprint density at radius 3 is 2.38 bits per heavy atom. The van der Waals surface area contributed by atoms with E-state index in [0.29, 0.717) is 5.75 Å². The number of ether oxygens (including phenoxy) is 1. The zero-order valence-electron chi connectivity index (χ0n) is 10.3. The second kappa shape index (κ2) is 6.31. The van der Waals surface area contributed by atoms with Crippen molar-refractivity contribution < 1.29 is 9.53 Å². The van der Waals surface area contributed by atoms with Gasteiger partial charge in [0.25, 0.3) is 0 Å². The fraction of sp³-hybridized carbons (Fsp3) is 0.500. The molecule has 0 saturated heterocycles. The van der Waals surface area contributed by atoms with Gasteiger partial charge in [-0.05, 0) is 30.5 Å². The van der Waals surface area contributed by atoms with Gasteiger partial charge in [-0.1, -0.05) is 39.3 Å². The molecule has 0 aliphatic carbocycles. The highest BCUT2D eigenvalue weighted by Crippen LogP contribution is 2.15. The summed E-state index contributed by atoms with van der Waals surface area (Å²) in [7, 11) is 0. The van der Waals surface area contributed by atoms with E-state index in [1.54, 1.807) is 0 Å². The molecule has 1 aromatic rings. The molecular formula is C14H20O2. The number of unbranched alkanes of at least 4 members (excludes halogenated alkanes) is 1. The molecule has 0 aliphatic heterocycles. The molecule has 0 unspecified atom stereocenters. The quantitative estimate of drug-likeness (QED) is 0.560. The minimum Gasteiger partial charge on any atom is -0.426 e. The summed E-state index contributed by atoms with van der Waals surface area (Å²) in [5.41, 5.74) is 1.30. The third-order valence-electron chi connectivity index (χ3n) is 2.43. The van der Waals surface area contributed by atoms with Crippen LogP contribution in [-0.4, -0.2) is 5.97 Å². The zero-order chi connectivity index (χ0) is 12.0. The van der Waals surface area contributed by atoms with Crippen LogP contribution in [0.2, 0.25) is 0 Å². The number of carbonyl (C=O) groups is 1. The van der Waals surface area contributed by atoms with E-state index in [4.69, 9.17) is 4.74 Å². The van der Waals surface area contributed by atoms with Crippen molar-refractivity contribution >= 4 is 5.97 Å². The molecule has 0 radical (unpaired) electrons. The van der Waals surface area contributed by atoms with Crippen molar-refractivity contribution in [3.8, 4) is 5.75 Å². The van der Waals surface area contributed by atoms with Gasteiger partial charge >= 0.3 is 5.97 Å². The van der Waals surface area contributed by atoms with Crippen molar-refractivity contribution in [2.75, 3.05) is 0 Å². The fourth-order valence-electron chi connectivity index (χ4n) is 1.34. The number of carbonyl (C=O) groups excluding carboxylic acids is 1. The Balaban J connectivity index is 2.54. The predicted octanol–water partition coefficient (Wildman–Crippen LogP) is 3.59. The summed E-state index contributed by atoms with van der Waals surface area (Å²) in [5, 5.41) is 0. The minimum atomic E-state index is -0.179. The van der Waals surface area contributed by atoms with E-state index < -0.39 is 0 Å². The van der Waals surface area contributed by atoms with Crippen LogP contribution in [0.5, 0.6) is 5.75 Å². The molecule has 0 heterocycles. The van der Waals surface area contributed by atoms with E-state index in [1.165, 1.54) is 18.4 Å². The average molecular weight is 220 g/mol. The highest BCUT2D eigenvalue weighted by molar-refractivity contribution is 5.74. The van der Waals surface area contributed by atoms with Crippen LogP contribution in [0.1, 0.15) is 39.2 Å². The lowest BCUT2D eigenvalue weighted by Gasteiger charge is -2.07. The third-order valence-corrected chi connectivity index (χ3v) is 2.43. The largest absolute Gasteiger partial charge is 0.426 e. The van der Waals surface area contributed by atoms with E-state index >= 15 is 0 Å². The van der Waals surface area contributed by atoms with Crippen molar-refractivity contribution in [1.29, 1.82) is 0 Å². The van der Waals surface area contributed by atoms with Gasteiger partial charge in [0.15, 0.2) is 0 Å². The Hall–Kier alpha value is -1.31. The van der Waals surface area contributed by atoms with Gasteiger partial charge in [0.1, 0.15) is 5.75 Å². The molecule has 0 atom stereocenters. The summed E-state index contributed by atoms with van der Waals surface area (Å²) < 4.78 is 5.20. The second-order valence-corrected chi connectivity index (χ2v) is 4.32. The van der Waals surface area contributed by atoms with Gasteiger partial charge < -0.3 is 4.74 Å². The molecule has 0 saturated carbocycles. The lowest BCUT2D eigenvalue weighted by Crippen LogP contribution is -2.14. The molecule has 0 aliphatic rings. The van der Waals surface area contributed by atoms with Crippen LogP contribution in [0, 0.1) is 5.92 Å². The van der Waals surface area contributed by atoms with Crippen LogP contribution in [0.25, 0.3) is 0 Å². The number of rotatable bonds is 5. The summed E-state index contributed by atoms with van der Waals surface area (Å²) in [6, 6.07) is 7.79. The van der Waals surface area contributed by atoms with E-state index in [1.807, 2.05) is 38.1 Å². The maximum absolute atomic E-state index is 11.3. The first-order valence-corrected chi connectivity index (χ1v) is 5.94. The molecule has 16 heavy (non-hydrogen) atoms. The maximum atomic E-state index is 11.3. The molecule has 0 fully saturated rings. The number of hydrogen-bond donors (Lipinski definition) is 0. The Morgan fingerprint density at radius 1 is 1.25 bits per heavy atom.